The molecule has 23 heavy (non-hydrogen) atoms. The van der Waals surface area contributed by atoms with E-state index in [4.69, 9.17) is 26.8 Å². The monoisotopic (exact) mass is 339 g/mol. The second-order valence-corrected chi connectivity index (χ2v) is 6.55. The van der Waals surface area contributed by atoms with Gasteiger partial charge < -0.3 is 20.1 Å². The van der Waals surface area contributed by atoms with Gasteiger partial charge in [0.1, 0.15) is 5.82 Å². The molecule has 0 aliphatic carbocycles. The molecule has 3 heterocycles. The molecule has 3 rings (SSSR count). The van der Waals surface area contributed by atoms with Crippen molar-refractivity contribution in [1.82, 2.24) is 4.98 Å². The Bertz CT molecular complexity index is 556. The van der Waals surface area contributed by atoms with E-state index in [0.29, 0.717) is 22.3 Å². The molecule has 2 saturated heterocycles. The molecule has 7 heteroatoms. The first-order valence-corrected chi connectivity index (χ1v) is 8.41. The molecule has 0 radical (unpaired) electrons. The zero-order chi connectivity index (χ0) is 16.2. The quantitative estimate of drug-likeness (QED) is 0.886. The number of hydrogen-bond acceptors (Lipinski definition) is 5. The van der Waals surface area contributed by atoms with Crippen molar-refractivity contribution in [3.8, 4) is 0 Å². The lowest BCUT2D eigenvalue weighted by molar-refractivity contribution is 0.0131. The normalized spacial score (nSPS) is 22.5. The van der Waals surface area contributed by atoms with Gasteiger partial charge in [0.05, 0.1) is 29.9 Å². The summed E-state index contributed by atoms with van der Waals surface area (Å²) in [6.07, 6.45) is 4.76. The fraction of sp³-hybridized carbons (Fsp3) is 0.625. The number of carbonyl (C=O) groups excluding carboxylic acids is 1. The van der Waals surface area contributed by atoms with E-state index in [2.05, 4.69) is 9.88 Å². The second-order valence-electron chi connectivity index (χ2n) is 6.14. The van der Waals surface area contributed by atoms with Gasteiger partial charge in [-0.1, -0.05) is 11.6 Å². The van der Waals surface area contributed by atoms with Crippen LogP contribution in [0.15, 0.2) is 12.3 Å². The number of rotatable bonds is 5. The molecule has 1 amide bonds. The van der Waals surface area contributed by atoms with Crippen LogP contribution in [0.1, 0.15) is 29.6 Å². The van der Waals surface area contributed by atoms with Gasteiger partial charge in [0.2, 0.25) is 5.91 Å². The third-order valence-electron chi connectivity index (χ3n) is 4.44. The van der Waals surface area contributed by atoms with Crippen LogP contribution in [0.25, 0.3) is 0 Å². The number of anilines is 1. The predicted octanol–water partition coefficient (Wildman–Crippen LogP) is 1.86. The summed E-state index contributed by atoms with van der Waals surface area (Å²) in [6, 6.07) is 1.58. The van der Waals surface area contributed by atoms with Crippen molar-refractivity contribution in [3.05, 3.63) is 22.8 Å². The maximum absolute atomic E-state index is 11.1. The van der Waals surface area contributed by atoms with E-state index in [0.717, 1.165) is 52.2 Å². The topological polar surface area (TPSA) is 77.7 Å². The SMILES string of the molecule is NC(=O)c1cnc(N2CCC(OCC3CCOC3)CC2)c(Cl)c1. The van der Waals surface area contributed by atoms with Crippen LogP contribution in [-0.4, -0.2) is 49.9 Å². The lowest BCUT2D eigenvalue weighted by atomic mass is 10.1. The first-order valence-electron chi connectivity index (χ1n) is 8.03. The van der Waals surface area contributed by atoms with Crippen molar-refractivity contribution in [2.45, 2.75) is 25.4 Å². The number of ether oxygens (including phenoxy) is 2. The van der Waals surface area contributed by atoms with Crippen LogP contribution in [0.5, 0.6) is 0 Å². The largest absolute Gasteiger partial charge is 0.381 e. The van der Waals surface area contributed by atoms with Crippen molar-refractivity contribution in [2.24, 2.45) is 11.7 Å². The van der Waals surface area contributed by atoms with E-state index in [1.54, 1.807) is 6.07 Å². The van der Waals surface area contributed by atoms with E-state index in [-0.39, 0.29) is 6.10 Å². The molecular weight excluding hydrogens is 318 g/mol. The van der Waals surface area contributed by atoms with Gasteiger partial charge in [-0.25, -0.2) is 4.98 Å². The highest BCUT2D eigenvalue weighted by Crippen LogP contribution is 2.27. The predicted molar refractivity (Wildman–Crippen MR) is 87.9 cm³/mol. The summed E-state index contributed by atoms with van der Waals surface area (Å²) in [5.74, 6) is 0.735. The number of piperidine rings is 1. The Labute approximate surface area is 140 Å². The molecule has 1 aromatic rings. The molecule has 0 bridgehead atoms. The average Bonchev–Trinajstić information content (AvgIpc) is 3.07. The number of aromatic nitrogens is 1. The molecule has 6 nitrogen and oxygen atoms in total. The van der Waals surface area contributed by atoms with Crippen LogP contribution in [0.4, 0.5) is 5.82 Å². The van der Waals surface area contributed by atoms with Gasteiger partial charge in [0.25, 0.3) is 0 Å². The summed E-state index contributed by atoms with van der Waals surface area (Å²) < 4.78 is 11.4. The number of nitrogens with two attached hydrogens (primary N) is 1. The van der Waals surface area contributed by atoms with Crippen molar-refractivity contribution in [2.75, 3.05) is 37.8 Å². The van der Waals surface area contributed by atoms with Crippen molar-refractivity contribution >= 4 is 23.3 Å². The highest BCUT2D eigenvalue weighted by Gasteiger charge is 2.24. The highest BCUT2D eigenvalue weighted by molar-refractivity contribution is 6.33. The lowest BCUT2D eigenvalue weighted by Crippen LogP contribution is -2.38. The Morgan fingerprint density at radius 1 is 1.43 bits per heavy atom. The number of pyridine rings is 1. The van der Waals surface area contributed by atoms with E-state index in [1.807, 2.05) is 0 Å². The minimum atomic E-state index is -0.519. The van der Waals surface area contributed by atoms with Crippen LogP contribution in [-0.2, 0) is 9.47 Å². The van der Waals surface area contributed by atoms with E-state index in [9.17, 15) is 4.79 Å². The van der Waals surface area contributed by atoms with Crippen LogP contribution in [0.2, 0.25) is 5.02 Å². The standard InChI is InChI=1S/C16H22ClN3O3/c17-14-7-12(15(18)21)8-19-16(14)20-4-1-13(2-5-20)23-10-11-3-6-22-9-11/h7-8,11,13H,1-6,9-10H2,(H2,18,21). The highest BCUT2D eigenvalue weighted by atomic mass is 35.5. The number of halogens is 1. The molecule has 2 aliphatic rings. The van der Waals surface area contributed by atoms with Gasteiger partial charge in [-0.3, -0.25) is 4.79 Å². The number of primary amides is 1. The fourth-order valence-corrected chi connectivity index (χ4v) is 3.31. The zero-order valence-corrected chi connectivity index (χ0v) is 13.8. The second kappa shape index (κ2) is 7.47. The smallest absolute Gasteiger partial charge is 0.250 e. The van der Waals surface area contributed by atoms with E-state index >= 15 is 0 Å². The fourth-order valence-electron chi connectivity index (χ4n) is 3.02. The Morgan fingerprint density at radius 2 is 2.22 bits per heavy atom. The Hall–Kier alpha value is -1.37. The van der Waals surface area contributed by atoms with Gasteiger partial charge in [0.15, 0.2) is 0 Å². The molecule has 2 N–H and O–H groups in total. The average molecular weight is 340 g/mol. The first kappa shape index (κ1) is 16.5. The van der Waals surface area contributed by atoms with E-state index < -0.39 is 5.91 Å². The third kappa shape index (κ3) is 4.13. The molecule has 126 valence electrons. The molecular formula is C16H22ClN3O3. The lowest BCUT2D eigenvalue weighted by Gasteiger charge is -2.33. The maximum atomic E-state index is 11.1. The Kier molecular flexibility index (Phi) is 5.35. The summed E-state index contributed by atoms with van der Waals surface area (Å²) in [6.45, 7) is 4.16. The van der Waals surface area contributed by atoms with Gasteiger partial charge in [-0.2, -0.15) is 0 Å². The molecule has 0 aromatic carbocycles. The van der Waals surface area contributed by atoms with Gasteiger partial charge in [-0.05, 0) is 25.3 Å². The Morgan fingerprint density at radius 3 is 2.83 bits per heavy atom. The first-order chi connectivity index (χ1) is 11.1. The summed E-state index contributed by atoms with van der Waals surface area (Å²) >= 11 is 6.23. The summed E-state index contributed by atoms with van der Waals surface area (Å²) in [7, 11) is 0. The van der Waals surface area contributed by atoms with Crippen molar-refractivity contribution < 1.29 is 14.3 Å². The number of amides is 1. The number of carbonyl (C=O) groups is 1. The van der Waals surface area contributed by atoms with Crippen molar-refractivity contribution in [3.63, 3.8) is 0 Å². The minimum absolute atomic E-state index is 0.288. The van der Waals surface area contributed by atoms with Gasteiger partial charge >= 0.3 is 0 Å². The molecule has 2 aliphatic heterocycles. The van der Waals surface area contributed by atoms with Gasteiger partial charge in [-0.15, -0.1) is 0 Å². The molecule has 1 atom stereocenters. The molecule has 1 aromatic heterocycles. The van der Waals surface area contributed by atoms with Crippen LogP contribution in [0.3, 0.4) is 0 Å². The third-order valence-corrected chi connectivity index (χ3v) is 4.72. The minimum Gasteiger partial charge on any atom is -0.381 e. The number of hydrogen-bond donors (Lipinski definition) is 1. The van der Waals surface area contributed by atoms with Crippen LogP contribution < -0.4 is 10.6 Å². The molecule has 2 fully saturated rings. The number of nitrogens with zero attached hydrogens (tertiary/aromatic N) is 2. The maximum Gasteiger partial charge on any atom is 0.250 e. The van der Waals surface area contributed by atoms with Gasteiger partial charge in [0, 0.05) is 31.8 Å². The molecule has 0 spiro atoms. The molecule has 0 saturated carbocycles. The zero-order valence-electron chi connectivity index (χ0n) is 13.0. The molecule has 1 unspecified atom stereocenters. The summed E-state index contributed by atoms with van der Waals surface area (Å²) in [4.78, 5) is 17.6. The summed E-state index contributed by atoms with van der Waals surface area (Å²) in [5.41, 5.74) is 5.57. The van der Waals surface area contributed by atoms with E-state index in [1.165, 1.54) is 6.20 Å². The van der Waals surface area contributed by atoms with Crippen LogP contribution in [0, 0.1) is 5.92 Å². The van der Waals surface area contributed by atoms with Crippen molar-refractivity contribution in [1.29, 1.82) is 0 Å². The Balaban J connectivity index is 1.51. The summed E-state index contributed by atoms with van der Waals surface area (Å²) in [5, 5.41) is 0.462. The van der Waals surface area contributed by atoms with Crippen LogP contribution >= 0.6 is 11.6 Å².